The molecule has 106 valence electrons. The van der Waals surface area contributed by atoms with E-state index < -0.39 is 0 Å². The van der Waals surface area contributed by atoms with Crippen molar-refractivity contribution in [3.8, 4) is 5.75 Å². The first-order chi connectivity index (χ1) is 9.72. The van der Waals surface area contributed by atoms with Crippen molar-refractivity contribution in [1.29, 1.82) is 0 Å². The predicted octanol–water partition coefficient (Wildman–Crippen LogP) is 2.45. The van der Waals surface area contributed by atoms with Gasteiger partial charge in [0.05, 0.1) is 19.3 Å². The van der Waals surface area contributed by atoms with Crippen LogP contribution in [0.4, 0.5) is 5.69 Å². The standard InChI is InChI=1S/C16H21N3O/c1-17-10-13-4-5-14(18-11-13)12-19(2)15-6-8-16(20-3)9-7-15/h4-9,11,17H,10,12H2,1-3H3. The minimum absolute atomic E-state index is 0.784. The van der Waals surface area contributed by atoms with Gasteiger partial charge >= 0.3 is 0 Å². The SMILES string of the molecule is CNCc1ccc(CN(C)c2ccc(OC)cc2)nc1. The molecule has 1 heterocycles. The molecule has 1 N–H and O–H groups in total. The fraction of sp³-hybridized carbons (Fsp3) is 0.312. The monoisotopic (exact) mass is 271 g/mol. The van der Waals surface area contributed by atoms with Crippen molar-refractivity contribution in [2.75, 3.05) is 26.1 Å². The minimum atomic E-state index is 0.784. The van der Waals surface area contributed by atoms with Crippen LogP contribution in [0.3, 0.4) is 0 Å². The second-order valence-electron chi connectivity index (χ2n) is 4.74. The highest BCUT2D eigenvalue weighted by Gasteiger charge is 2.03. The summed E-state index contributed by atoms with van der Waals surface area (Å²) in [4.78, 5) is 6.66. The summed E-state index contributed by atoms with van der Waals surface area (Å²) < 4.78 is 5.17. The topological polar surface area (TPSA) is 37.4 Å². The third-order valence-corrected chi connectivity index (χ3v) is 3.18. The van der Waals surface area contributed by atoms with Crippen LogP contribution < -0.4 is 15.0 Å². The number of hydrogen-bond acceptors (Lipinski definition) is 4. The number of aromatic nitrogens is 1. The second kappa shape index (κ2) is 6.91. The molecule has 0 aliphatic heterocycles. The second-order valence-corrected chi connectivity index (χ2v) is 4.74. The lowest BCUT2D eigenvalue weighted by molar-refractivity contribution is 0.415. The summed E-state index contributed by atoms with van der Waals surface area (Å²) in [5, 5.41) is 3.12. The first-order valence-corrected chi connectivity index (χ1v) is 6.66. The third kappa shape index (κ3) is 3.71. The van der Waals surface area contributed by atoms with Crippen LogP contribution in [0.5, 0.6) is 5.75 Å². The zero-order chi connectivity index (χ0) is 14.4. The van der Waals surface area contributed by atoms with Crippen molar-refractivity contribution in [1.82, 2.24) is 10.3 Å². The zero-order valence-electron chi connectivity index (χ0n) is 12.3. The van der Waals surface area contributed by atoms with Crippen molar-refractivity contribution < 1.29 is 4.74 Å². The van der Waals surface area contributed by atoms with E-state index in [2.05, 4.69) is 34.4 Å². The molecule has 0 bridgehead atoms. The van der Waals surface area contributed by atoms with Crippen LogP contribution in [0.1, 0.15) is 11.3 Å². The summed E-state index contributed by atoms with van der Waals surface area (Å²) in [6.45, 7) is 1.63. The Hall–Kier alpha value is -2.07. The third-order valence-electron chi connectivity index (χ3n) is 3.18. The van der Waals surface area contributed by atoms with Crippen LogP contribution >= 0.6 is 0 Å². The average molecular weight is 271 g/mol. The Labute approximate surface area is 120 Å². The number of benzene rings is 1. The summed E-state index contributed by atoms with van der Waals surface area (Å²) in [7, 11) is 5.67. The van der Waals surface area contributed by atoms with E-state index in [0.717, 1.165) is 30.2 Å². The summed E-state index contributed by atoms with van der Waals surface area (Å²) in [5.74, 6) is 0.872. The lowest BCUT2D eigenvalue weighted by Crippen LogP contribution is -2.17. The molecule has 0 atom stereocenters. The van der Waals surface area contributed by atoms with Crippen molar-refractivity contribution in [3.63, 3.8) is 0 Å². The molecule has 4 nitrogen and oxygen atoms in total. The van der Waals surface area contributed by atoms with E-state index in [1.54, 1.807) is 7.11 Å². The molecule has 2 aromatic rings. The van der Waals surface area contributed by atoms with E-state index >= 15 is 0 Å². The Morgan fingerprint density at radius 3 is 2.45 bits per heavy atom. The minimum Gasteiger partial charge on any atom is -0.497 e. The van der Waals surface area contributed by atoms with E-state index in [-0.39, 0.29) is 0 Å². The Balaban J connectivity index is 2.00. The zero-order valence-corrected chi connectivity index (χ0v) is 12.3. The van der Waals surface area contributed by atoms with Crippen molar-refractivity contribution in [3.05, 3.63) is 53.9 Å². The number of anilines is 1. The molecule has 0 fully saturated rings. The molecule has 1 aromatic carbocycles. The molecule has 0 aliphatic carbocycles. The van der Waals surface area contributed by atoms with Crippen molar-refractivity contribution in [2.45, 2.75) is 13.1 Å². The van der Waals surface area contributed by atoms with Gasteiger partial charge in [0.15, 0.2) is 0 Å². The van der Waals surface area contributed by atoms with E-state index in [1.165, 1.54) is 5.56 Å². The van der Waals surface area contributed by atoms with Gasteiger partial charge in [0.25, 0.3) is 0 Å². The number of pyridine rings is 1. The molecular weight excluding hydrogens is 250 g/mol. The number of methoxy groups -OCH3 is 1. The number of nitrogens with one attached hydrogen (secondary N) is 1. The summed E-state index contributed by atoms with van der Waals surface area (Å²) in [6, 6.07) is 12.2. The highest BCUT2D eigenvalue weighted by atomic mass is 16.5. The fourth-order valence-electron chi connectivity index (χ4n) is 2.03. The smallest absolute Gasteiger partial charge is 0.119 e. The molecule has 0 saturated heterocycles. The molecular formula is C16H21N3O. The Bertz CT molecular complexity index is 522. The Kier molecular flexibility index (Phi) is 4.96. The molecule has 0 unspecified atom stereocenters. The van der Waals surface area contributed by atoms with E-state index in [9.17, 15) is 0 Å². The number of rotatable bonds is 6. The van der Waals surface area contributed by atoms with Crippen LogP contribution in [0.2, 0.25) is 0 Å². The first kappa shape index (κ1) is 14.3. The number of hydrogen-bond donors (Lipinski definition) is 1. The van der Waals surface area contributed by atoms with E-state index in [1.807, 2.05) is 37.5 Å². The Morgan fingerprint density at radius 1 is 1.15 bits per heavy atom. The van der Waals surface area contributed by atoms with Crippen LogP contribution in [-0.2, 0) is 13.1 Å². The fourth-order valence-corrected chi connectivity index (χ4v) is 2.03. The maximum Gasteiger partial charge on any atom is 0.119 e. The summed E-state index contributed by atoms with van der Waals surface area (Å²) in [6.07, 6.45) is 1.92. The number of nitrogens with zero attached hydrogens (tertiary/aromatic N) is 2. The van der Waals surface area contributed by atoms with Gasteiger partial charge in [-0.25, -0.2) is 0 Å². The molecule has 20 heavy (non-hydrogen) atoms. The van der Waals surface area contributed by atoms with Gasteiger partial charge < -0.3 is 15.0 Å². The van der Waals surface area contributed by atoms with Gasteiger partial charge in [0.2, 0.25) is 0 Å². The molecule has 0 aliphatic rings. The molecule has 0 saturated carbocycles. The lowest BCUT2D eigenvalue weighted by atomic mass is 10.2. The van der Waals surface area contributed by atoms with Gasteiger partial charge in [-0.1, -0.05) is 6.07 Å². The average Bonchev–Trinajstić information content (AvgIpc) is 2.49. The van der Waals surface area contributed by atoms with Gasteiger partial charge in [0.1, 0.15) is 5.75 Å². The van der Waals surface area contributed by atoms with Crippen molar-refractivity contribution in [2.24, 2.45) is 0 Å². The van der Waals surface area contributed by atoms with Gasteiger partial charge in [-0.05, 0) is 42.9 Å². The maximum absolute atomic E-state index is 5.17. The van der Waals surface area contributed by atoms with Crippen LogP contribution in [0.25, 0.3) is 0 Å². The molecule has 2 rings (SSSR count). The van der Waals surface area contributed by atoms with Gasteiger partial charge in [-0.2, -0.15) is 0 Å². The summed E-state index contributed by atoms with van der Waals surface area (Å²) in [5.41, 5.74) is 3.40. The van der Waals surface area contributed by atoms with Gasteiger partial charge in [-0.3, -0.25) is 4.98 Å². The number of ether oxygens (including phenoxy) is 1. The highest BCUT2D eigenvalue weighted by molar-refractivity contribution is 5.48. The van der Waals surface area contributed by atoms with Crippen LogP contribution in [0, 0.1) is 0 Å². The van der Waals surface area contributed by atoms with E-state index in [0.29, 0.717) is 0 Å². The molecule has 4 heteroatoms. The lowest BCUT2D eigenvalue weighted by Gasteiger charge is -2.19. The van der Waals surface area contributed by atoms with Gasteiger partial charge in [0, 0.05) is 25.5 Å². The van der Waals surface area contributed by atoms with Crippen LogP contribution in [-0.4, -0.2) is 26.2 Å². The molecule has 0 spiro atoms. The molecule has 0 radical (unpaired) electrons. The predicted molar refractivity (Wildman–Crippen MR) is 82.1 cm³/mol. The molecule has 0 amide bonds. The summed E-state index contributed by atoms with van der Waals surface area (Å²) >= 11 is 0. The largest absolute Gasteiger partial charge is 0.497 e. The highest BCUT2D eigenvalue weighted by Crippen LogP contribution is 2.19. The maximum atomic E-state index is 5.17. The first-order valence-electron chi connectivity index (χ1n) is 6.66. The van der Waals surface area contributed by atoms with Gasteiger partial charge in [-0.15, -0.1) is 0 Å². The molecule has 1 aromatic heterocycles. The quantitative estimate of drug-likeness (QED) is 0.875. The Morgan fingerprint density at radius 2 is 1.90 bits per heavy atom. The van der Waals surface area contributed by atoms with Crippen molar-refractivity contribution >= 4 is 5.69 Å². The van der Waals surface area contributed by atoms with E-state index in [4.69, 9.17) is 4.74 Å². The van der Waals surface area contributed by atoms with Crippen LogP contribution in [0.15, 0.2) is 42.6 Å². The normalized spacial score (nSPS) is 10.3.